The number of hydrogen-bond acceptors (Lipinski definition) is 4. The monoisotopic (exact) mass is 221 g/mol. The first-order valence-electron chi connectivity index (χ1n) is 5.89. The number of anilines is 1. The van der Waals surface area contributed by atoms with Crippen molar-refractivity contribution < 1.29 is 5.11 Å². The van der Waals surface area contributed by atoms with Gasteiger partial charge >= 0.3 is 0 Å². The zero-order valence-corrected chi connectivity index (χ0v) is 9.69. The van der Waals surface area contributed by atoms with Gasteiger partial charge < -0.3 is 10.4 Å². The van der Waals surface area contributed by atoms with Crippen LogP contribution in [0, 0.1) is 5.41 Å². The first-order chi connectivity index (χ1) is 7.71. The molecule has 1 fully saturated rings. The van der Waals surface area contributed by atoms with Crippen molar-refractivity contribution in [2.45, 2.75) is 38.7 Å². The number of hydrogen-bond donors (Lipinski definition) is 2. The molecule has 1 aromatic heterocycles. The van der Waals surface area contributed by atoms with Crippen LogP contribution in [0.1, 0.15) is 32.6 Å². The minimum atomic E-state index is -0.203. The molecule has 0 aromatic carbocycles. The fraction of sp³-hybridized carbons (Fsp3) is 0.667. The van der Waals surface area contributed by atoms with Crippen LogP contribution in [-0.4, -0.2) is 27.7 Å². The van der Waals surface area contributed by atoms with Gasteiger partial charge in [-0.25, -0.2) is 4.98 Å². The highest BCUT2D eigenvalue weighted by Gasteiger charge is 2.35. The van der Waals surface area contributed by atoms with Crippen LogP contribution in [0.15, 0.2) is 18.6 Å². The molecule has 1 saturated carbocycles. The van der Waals surface area contributed by atoms with E-state index in [2.05, 4.69) is 22.2 Å². The molecule has 0 amide bonds. The average molecular weight is 221 g/mol. The van der Waals surface area contributed by atoms with E-state index in [0.717, 1.165) is 31.6 Å². The topological polar surface area (TPSA) is 58.0 Å². The van der Waals surface area contributed by atoms with Gasteiger partial charge in [0, 0.05) is 24.4 Å². The van der Waals surface area contributed by atoms with Gasteiger partial charge in [0.1, 0.15) is 5.82 Å². The molecule has 4 heteroatoms. The number of nitrogens with one attached hydrogen (secondary N) is 1. The van der Waals surface area contributed by atoms with Gasteiger partial charge in [-0.3, -0.25) is 4.98 Å². The number of rotatable bonds is 3. The van der Waals surface area contributed by atoms with Gasteiger partial charge in [-0.1, -0.05) is 19.8 Å². The molecule has 0 saturated heterocycles. The molecule has 2 unspecified atom stereocenters. The fourth-order valence-electron chi connectivity index (χ4n) is 2.27. The van der Waals surface area contributed by atoms with E-state index in [9.17, 15) is 5.11 Å². The second-order valence-corrected chi connectivity index (χ2v) is 4.86. The van der Waals surface area contributed by atoms with E-state index in [-0.39, 0.29) is 11.5 Å². The Balaban J connectivity index is 1.93. The Morgan fingerprint density at radius 2 is 2.38 bits per heavy atom. The summed E-state index contributed by atoms with van der Waals surface area (Å²) < 4.78 is 0. The van der Waals surface area contributed by atoms with Gasteiger partial charge in [-0.2, -0.15) is 0 Å². The second kappa shape index (κ2) is 4.78. The Morgan fingerprint density at radius 3 is 3.06 bits per heavy atom. The van der Waals surface area contributed by atoms with Crippen LogP contribution in [0.4, 0.5) is 5.82 Å². The van der Waals surface area contributed by atoms with E-state index in [1.54, 1.807) is 18.6 Å². The van der Waals surface area contributed by atoms with E-state index in [0.29, 0.717) is 0 Å². The molecular formula is C12H19N3O. The molecule has 1 heterocycles. The summed E-state index contributed by atoms with van der Waals surface area (Å²) in [6, 6.07) is 0. The third kappa shape index (κ3) is 2.50. The summed E-state index contributed by atoms with van der Waals surface area (Å²) in [7, 11) is 0. The third-order valence-electron chi connectivity index (χ3n) is 3.52. The van der Waals surface area contributed by atoms with Crippen LogP contribution in [0.3, 0.4) is 0 Å². The van der Waals surface area contributed by atoms with Crippen molar-refractivity contribution in [3.63, 3.8) is 0 Å². The fourth-order valence-corrected chi connectivity index (χ4v) is 2.27. The van der Waals surface area contributed by atoms with E-state index in [1.807, 2.05) is 0 Å². The molecule has 2 atom stereocenters. The maximum Gasteiger partial charge on any atom is 0.144 e. The Hall–Kier alpha value is -1.16. The molecule has 2 rings (SSSR count). The van der Waals surface area contributed by atoms with E-state index >= 15 is 0 Å². The minimum absolute atomic E-state index is 0.0320. The Kier molecular flexibility index (Phi) is 3.39. The summed E-state index contributed by atoms with van der Waals surface area (Å²) in [5.74, 6) is 0.779. The molecule has 88 valence electrons. The molecule has 16 heavy (non-hydrogen) atoms. The number of aromatic nitrogens is 2. The second-order valence-electron chi connectivity index (χ2n) is 4.86. The van der Waals surface area contributed by atoms with Gasteiger partial charge in [0.2, 0.25) is 0 Å². The zero-order chi connectivity index (χ0) is 11.4. The first kappa shape index (κ1) is 11.3. The molecule has 4 nitrogen and oxygen atoms in total. The van der Waals surface area contributed by atoms with E-state index in [1.165, 1.54) is 6.42 Å². The van der Waals surface area contributed by atoms with E-state index < -0.39 is 0 Å². The smallest absolute Gasteiger partial charge is 0.144 e. The molecule has 1 aromatic rings. The number of aliphatic hydroxyl groups is 1. The Morgan fingerprint density at radius 1 is 1.50 bits per heavy atom. The van der Waals surface area contributed by atoms with Gasteiger partial charge in [0.15, 0.2) is 0 Å². The largest absolute Gasteiger partial charge is 0.392 e. The maximum atomic E-state index is 10.0. The van der Waals surface area contributed by atoms with Crippen molar-refractivity contribution >= 4 is 5.82 Å². The highest BCUT2D eigenvalue weighted by atomic mass is 16.3. The van der Waals surface area contributed by atoms with Crippen molar-refractivity contribution in [2.24, 2.45) is 5.41 Å². The summed E-state index contributed by atoms with van der Waals surface area (Å²) in [5, 5.41) is 13.3. The third-order valence-corrected chi connectivity index (χ3v) is 3.52. The summed E-state index contributed by atoms with van der Waals surface area (Å²) >= 11 is 0. The van der Waals surface area contributed by atoms with Crippen molar-refractivity contribution in [1.82, 2.24) is 9.97 Å². The van der Waals surface area contributed by atoms with Crippen molar-refractivity contribution in [2.75, 3.05) is 11.9 Å². The molecule has 1 aliphatic rings. The van der Waals surface area contributed by atoms with Crippen LogP contribution >= 0.6 is 0 Å². The minimum Gasteiger partial charge on any atom is -0.392 e. The normalized spacial score (nSPS) is 30.0. The van der Waals surface area contributed by atoms with Crippen LogP contribution in [0.25, 0.3) is 0 Å². The maximum absolute atomic E-state index is 10.0. The summed E-state index contributed by atoms with van der Waals surface area (Å²) in [4.78, 5) is 8.17. The van der Waals surface area contributed by atoms with Gasteiger partial charge in [0.05, 0.1) is 12.3 Å². The Bertz CT molecular complexity index is 330. The lowest BCUT2D eigenvalue weighted by Crippen LogP contribution is -2.41. The highest BCUT2D eigenvalue weighted by Crippen LogP contribution is 2.36. The zero-order valence-electron chi connectivity index (χ0n) is 9.69. The lowest BCUT2D eigenvalue weighted by molar-refractivity contribution is 0.00958. The summed E-state index contributed by atoms with van der Waals surface area (Å²) in [5.41, 5.74) is -0.0320. The molecule has 2 N–H and O–H groups in total. The SMILES string of the molecule is CC1(CNc2cnccn2)CCCCC1O. The molecule has 0 bridgehead atoms. The lowest BCUT2D eigenvalue weighted by atomic mass is 9.73. The lowest BCUT2D eigenvalue weighted by Gasteiger charge is -2.38. The van der Waals surface area contributed by atoms with Crippen LogP contribution < -0.4 is 5.32 Å². The Labute approximate surface area is 96.1 Å². The summed E-state index contributed by atoms with van der Waals surface area (Å²) in [6.45, 7) is 2.90. The van der Waals surface area contributed by atoms with Gasteiger partial charge in [0.25, 0.3) is 0 Å². The van der Waals surface area contributed by atoms with Crippen molar-refractivity contribution in [3.05, 3.63) is 18.6 Å². The standard InChI is InChI=1S/C12H19N3O/c1-12(5-3-2-4-10(12)16)9-15-11-8-13-6-7-14-11/h6-8,10,16H,2-5,9H2,1H3,(H,14,15). The predicted octanol–water partition coefficient (Wildman–Crippen LogP) is 1.83. The predicted molar refractivity (Wildman–Crippen MR) is 63.1 cm³/mol. The number of aliphatic hydroxyl groups excluding tert-OH is 1. The van der Waals surface area contributed by atoms with Gasteiger partial charge in [-0.15, -0.1) is 0 Å². The summed E-state index contributed by atoms with van der Waals surface area (Å²) in [6.07, 6.45) is 9.16. The average Bonchev–Trinajstić information content (AvgIpc) is 2.32. The number of nitrogens with zero attached hydrogens (tertiary/aromatic N) is 2. The quantitative estimate of drug-likeness (QED) is 0.817. The van der Waals surface area contributed by atoms with E-state index in [4.69, 9.17) is 0 Å². The molecule has 0 aliphatic heterocycles. The molecule has 0 spiro atoms. The van der Waals surface area contributed by atoms with Crippen LogP contribution in [0.5, 0.6) is 0 Å². The van der Waals surface area contributed by atoms with Crippen molar-refractivity contribution in [1.29, 1.82) is 0 Å². The molecular weight excluding hydrogens is 202 g/mol. The first-order valence-corrected chi connectivity index (χ1v) is 5.89. The van der Waals surface area contributed by atoms with Crippen molar-refractivity contribution in [3.8, 4) is 0 Å². The van der Waals surface area contributed by atoms with Crippen LogP contribution in [0.2, 0.25) is 0 Å². The van der Waals surface area contributed by atoms with Gasteiger partial charge in [-0.05, 0) is 12.8 Å². The molecule has 1 aliphatic carbocycles. The highest BCUT2D eigenvalue weighted by molar-refractivity contribution is 5.30. The molecule has 0 radical (unpaired) electrons. The van der Waals surface area contributed by atoms with Crippen LogP contribution in [-0.2, 0) is 0 Å².